The molecular formula is C16H18N6O. The number of hydrogen-bond donors (Lipinski definition) is 2. The molecule has 0 radical (unpaired) electrons. The quantitative estimate of drug-likeness (QED) is 0.653. The molecule has 0 bridgehead atoms. The van der Waals surface area contributed by atoms with Crippen LogP contribution in [0.25, 0.3) is 0 Å². The lowest BCUT2D eigenvalue weighted by molar-refractivity contribution is -0.121. The van der Waals surface area contributed by atoms with Crippen molar-refractivity contribution in [1.29, 1.82) is 5.26 Å². The summed E-state index contributed by atoms with van der Waals surface area (Å²) in [7, 11) is 0. The lowest BCUT2D eigenvalue weighted by atomic mass is 9.99. The van der Waals surface area contributed by atoms with E-state index < -0.39 is 5.92 Å². The normalized spacial score (nSPS) is 20.0. The maximum atomic E-state index is 11.9. The van der Waals surface area contributed by atoms with E-state index in [0.29, 0.717) is 11.4 Å². The predicted octanol–water partition coefficient (Wildman–Crippen LogP) is 1.67. The van der Waals surface area contributed by atoms with E-state index in [4.69, 9.17) is 11.0 Å². The molecular weight excluding hydrogens is 292 g/mol. The summed E-state index contributed by atoms with van der Waals surface area (Å²) in [5, 5.41) is 11.2. The fourth-order valence-electron chi connectivity index (χ4n) is 2.12. The third-order valence-electron chi connectivity index (χ3n) is 3.44. The Hall–Kier alpha value is -3.01. The first-order chi connectivity index (χ1) is 11.0. The number of amides is 1. The van der Waals surface area contributed by atoms with Crippen molar-refractivity contribution >= 4 is 29.2 Å². The Bertz CT molecular complexity index is 724. The van der Waals surface area contributed by atoms with Crippen LogP contribution in [-0.2, 0) is 11.2 Å². The van der Waals surface area contributed by atoms with Gasteiger partial charge in [0.15, 0.2) is 0 Å². The summed E-state index contributed by atoms with van der Waals surface area (Å²) in [5.41, 5.74) is 8.20. The Kier molecular flexibility index (Phi) is 5.20. The van der Waals surface area contributed by atoms with Crippen LogP contribution in [0.15, 0.2) is 39.2 Å². The summed E-state index contributed by atoms with van der Waals surface area (Å²) in [6, 6.07) is 9.60. The molecule has 0 saturated heterocycles. The largest absolute Gasteiger partial charge is 0.368 e. The molecule has 1 aromatic rings. The monoisotopic (exact) mass is 310 g/mol. The molecule has 1 atom stereocenters. The highest BCUT2D eigenvalue weighted by atomic mass is 16.2. The molecule has 0 fully saturated rings. The van der Waals surface area contributed by atoms with Gasteiger partial charge in [-0.2, -0.15) is 10.3 Å². The van der Waals surface area contributed by atoms with Crippen LogP contribution in [0.5, 0.6) is 0 Å². The molecule has 0 aromatic heterocycles. The van der Waals surface area contributed by atoms with Crippen molar-refractivity contribution in [3.63, 3.8) is 0 Å². The minimum atomic E-state index is -0.543. The van der Waals surface area contributed by atoms with Gasteiger partial charge < -0.3 is 5.73 Å². The first kappa shape index (κ1) is 16.4. The minimum absolute atomic E-state index is 0.000156. The number of nitrogens with two attached hydrogens (primary N) is 1. The van der Waals surface area contributed by atoms with E-state index in [-0.39, 0.29) is 24.2 Å². The van der Waals surface area contributed by atoms with Crippen molar-refractivity contribution in [1.82, 2.24) is 5.32 Å². The van der Waals surface area contributed by atoms with E-state index in [1.54, 1.807) is 6.92 Å². The van der Waals surface area contributed by atoms with Gasteiger partial charge in [0.2, 0.25) is 17.8 Å². The molecule has 1 aliphatic rings. The number of guanidine groups is 2. The number of carbonyl (C=O) groups excluding carboxylic acids is 1. The highest BCUT2D eigenvalue weighted by molar-refractivity contribution is 6.18. The number of aryl methyl sites for hydroxylation is 1. The van der Waals surface area contributed by atoms with Crippen LogP contribution in [-0.4, -0.2) is 23.5 Å². The summed E-state index contributed by atoms with van der Waals surface area (Å²) in [6.45, 7) is 3.76. The van der Waals surface area contributed by atoms with Crippen molar-refractivity contribution in [3.8, 4) is 6.07 Å². The van der Waals surface area contributed by atoms with E-state index in [1.807, 2.05) is 30.3 Å². The van der Waals surface area contributed by atoms with Gasteiger partial charge in [-0.1, -0.05) is 19.1 Å². The lowest BCUT2D eigenvalue weighted by Gasteiger charge is -2.18. The Balaban J connectivity index is 2.18. The summed E-state index contributed by atoms with van der Waals surface area (Å²) in [4.78, 5) is 24.3. The molecule has 1 amide bonds. The molecule has 23 heavy (non-hydrogen) atoms. The van der Waals surface area contributed by atoms with Crippen molar-refractivity contribution < 1.29 is 4.79 Å². The number of nitriles is 1. The van der Waals surface area contributed by atoms with E-state index >= 15 is 0 Å². The molecule has 0 spiro atoms. The number of carbonyl (C=O) groups is 1. The molecule has 1 heterocycles. The van der Waals surface area contributed by atoms with Crippen LogP contribution in [0.3, 0.4) is 0 Å². The lowest BCUT2D eigenvalue weighted by Crippen LogP contribution is -2.43. The smallest absolute Gasteiger partial charge is 0.236 e. The van der Waals surface area contributed by atoms with Crippen LogP contribution in [0.1, 0.15) is 25.8 Å². The zero-order valence-electron chi connectivity index (χ0n) is 13.1. The standard InChI is InChI=1S/C16H18N6O/c1-3-11-4-6-12(7-5-11)20-15(18)22-16-19-10(2)13(8-9-17)14(23)21-16/h4-7,13H,3,8H2,1-2H3,(H3,18,20,21,22,23). The van der Waals surface area contributed by atoms with Crippen LogP contribution in [0, 0.1) is 17.2 Å². The molecule has 0 saturated carbocycles. The number of nitrogens with zero attached hydrogens (tertiary/aromatic N) is 4. The summed E-state index contributed by atoms with van der Waals surface area (Å²) in [6.07, 6.45) is 1.04. The zero-order chi connectivity index (χ0) is 16.8. The van der Waals surface area contributed by atoms with Gasteiger partial charge in [0, 0.05) is 5.71 Å². The average molecular weight is 310 g/mol. The summed E-state index contributed by atoms with van der Waals surface area (Å²) in [5.74, 6) is -0.760. The van der Waals surface area contributed by atoms with E-state index in [0.717, 1.165) is 6.42 Å². The van der Waals surface area contributed by atoms with Gasteiger partial charge in [-0.25, -0.2) is 9.98 Å². The number of hydrogen-bond acceptors (Lipinski definition) is 3. The van der Waals surface area contributed by atoms with Crippen molar-refractivity contribution in [3.05, 3.63) is 29.8 Å². The van der Waals surface area contributed by atoms with Gasteiger partial charge in [0.05, 0.1) is 24.1 Å². The maximum absolute atomic E-state index is 11.9. The third-order valence-corrected chi connectivity index (χ3v) is 3.44. The van der Waals surface area contributed by atoms with Crippen LogP contribution in [0.4, 0.5) is 5.69 Å². The van der Waals surface area contributed by atoms with Gasteiger partial charge in [-0.05, 0) is 31.0 Å². The van der Waals surface area contributed by atoms with E-state index in [9.17, 15) is 4.79 Å². The minimum Gasteiger partial charge on any atom is -0.368 e. The van der Waals surface area contributed by atoms with Crippen LogP contribution in [0.2, 0.25) is 0 Å². The highest BCUT2D eigenvalue weighted by Crippen LogP contribution is 2.14. The number of rotatable bonds is 3. The van der Waals surface area contributed by atoms with Gasteiger partial charge in [0.25, 0.3) is 0 Å². The first-order valence-electron chi connectivity index (χ1n) is 7.28. The molecule has 1 aromatic carbocycles. The maximum Gasteiger partial charge on any atom is 0.236 e. The zero-order valence-corrected chi connectivity index (χ0v) is 13.1. The molecule has 7 nitrogen and oxygen atoms in total. The second kappa shape index (κ2) is 7.31. The van der Waals surface area contributed by atoms with Gasteiger partial charge in [-0.3, -0.25) is 10.1 Å². The van der Waals surface area contributed by atoms with Gasteiger partial charge in [-0.15, -0.1) is 0 Å². The fraction of sp³-hybridized carbons (Fsp3) is 0.312. The molecule has 3 N–H and O–H groups in total. The molecule has 2 rings (SSSR count). The van der Waals surface area contributed by atoms with Crippen molar-refractivity contribution in [2.24, 2.45) is 26.6 Å². The number of nitrogens with one attached hydrogen (secondary N) is 1. The summed E-state index contributed by atoms with van der Waals surface area (Å²) < 4.78 is 0. The second-order valence-electron chi connectivity index (χ2n) is 5.08. The molecule has 1 unspecified atom stereocenters. The van der Waals surface area contributed by atoms with Crippen LogP contribution < -0.4 is 11.1 Å². The Labute approximate surface area is 134 Å². The third kappa shape index (κ3) is 4.23. The topological polar surface area (TPSA) is 116 Å². The SMILES string of the molecule is CCc1ccc(N=C(N)/N=C2/N=C(C)C(CC#N)C(=O)N2)cc1. The predicted molar refractivity (Wildman–Crippen MR) is 89.5 cm³/mol. The first-order valence-corrected chi connectivity index (χ1v) is 7.28. The van der Waals surface area contributed by atoms with Crippen molar-refractivity contribution in [2.45, 2.75) is 26.7 Å². The number of aliphatic imine (C=N–C) groups is 3. The fourth-order valence-corrected chi connectivity index (χ4v) is 2.12. The Morgan fingerprint density at radius 1 is 1.43 bits per heavy atom. The Morgan fingerprint density at radius 3 is 2.70 bits per heavy atom. The van der Waals surface area contributed by atoms with Gasteiger partial charge >= 0.3 is 0 Å². The van der Waals surface area contributed by atoms with E-state index in [1.165, 1.54) is 5.56 Å². The van der Waals surface area contributed by atoms with Crippen molar-refractivity contribution in [2.75, 3.05) is 0 Å². The summed E-state index contributed by atoms with van der Waals surface area (Å²) >= 11 is 0. The Morgan fingerprint density at radius 2 is 2.13 bits per heavy atom. The second-order valence-corrected chi connectivity index (χ2v) is 5.08. The van der Waals surface area contributed by atoms with Gasteiger partial charge in [0.1, 0.15) is 0 Å². The number of benzene rings is 1. The van der Waals surface area contributed by atoms with E-state index in [2.05, 4.69) is 27.2 Å². The molecule has 0 aliphatic carbocycles. The average Bonchev–Trinajstić information content (AvgIpc) is 2.51. The molecule has 1 aliphatic heterocycles. The molecule has 7 heteroatoms. The van der Waals surface area contributed by atoms with Crippen LogP contribution >= 0.6 is 0 Å². The highest BCUT2D eigenvalue weighted by Gasteiger charge is 2.27. The molecule has 118 valence electrons.